The average molecular weight is 314 g/mol. The van der Waals surface area contributed by atoms with E-state index in [2.05, 4.69) is 5.32 Å². The monoisotopic (exact) mass is 314 g/mol. The predicted molar refractivity (Wildman–Crippen MR) is 92.0 cm³/mol. The lowest BCUT2D eigenvalue weighted by Crippen LogP contribution is -2.15. The molecule has 0 radical (unpaired) electrons. The van der Waals surface area contributed by atoms with Crippen LogP contribution in [-0.2, 0) is 11.2 Å². The first-order valence-electron chi connectivity index (χ1n) is 7.66. The summed E-state index contributed by atoms with van der Waals surface area (Å²) in [5, 5.41) is 2.88. The number of benzene rings is 2. The molecule has 2 aromatic rings. The zero-order valence-electron chi connectivity index (χ0n) is 13.5. The number of ether oxygens (including phenoxy) is 2. The third kappa shape index (κ3) is 4.92. The predicted octanol–water partition coefficient (Wildman–Crippen LogP) is 3.25. The number of hydrogen-bond donors (Lipinski definition) is 2. The molecule has 5 nitrogen and oxygen atoms in total. The highest BCUT2D eigenvalue weighted by atomic mass is 16.5. The molecule has 23 heavy (non-hydrogen) atoms. The van der Waals surface area contributed by atoms with Crippen LogP contribution in [0.25, 0.3) is 0 Å². The summed E-state index contributed by atoms with van der Waals surface area (Å²) in [5.41, 5.74) is 7.84. The molecule has 0 aliphatic rings. The molecule has 0 aromatic heterocycles. The number of amides is 1. The van der Waals surface area contributed by atoms with Crippen molar-refractivity contribution in [3.63, 3.8) is 0 Å². The maximum absolute atomic E-state index is 12.3. The van der Waals surface area contributed by atoms with Crippen LogP contribution < -0.4 is 20.5 Å². The number of anilines is 2. The Labute approximate surface area is 136 Å². The van der Waals surface area contributed by atoms with Crippen molar-refractivity contribution in [2.45, 2.75) is 20.3 Å². The first kappa shape index (κ1) is 16.7. The van der Waals surface area contributed by atoms with Crippen molar-refractivity contribution in [2.24, 2.45) is 0 Å². The van der Waals surface area contributed by atoms with E-state index in [9.17, 15) is 4.79 Å². The molecule has 0 atom stereocenters. The van der Waals surface area contributed by atoms with Gasteiger partial charge in [-0.1, -0.05) is 12.1 Å². The lowest BCUT2D eigenvalue weighted by molar-refractivity contribution is -0.115. The van der Waals surface area contributed by atoms with Gasteiger partial charge in [0.25, 0.3) is 0 Å². The average Bonchev–Trinajstić information content (AvgIpc) is 2.50. The van der Waals surface area contributed by atoms with Crippen LogP contribution in [0.2, 0.25) is 0 Å². The molecule has 3 N–H and O–H groups in total. The topological polar surface area (TPSA) is 73.6 Å². The minimum absolute atomic E-state index is 0.134. The summed E-state index contributed by atoms with van der Waals surface area (Å²) in [6.45, 7) is 4.89. The molecule has 1 amide bonds. The number of nitrogens with one attached hydrogen (secondary N) is 1. The van der Waals surface area contributed by atoms with E-state index in [-0.39, 0.29) is 12.3 Å². The smallest absolute Gasteiger partial charge is 0.228 e. The fraction of sp³-hybridized carbons (Fsp3) is 0.278. The Morgan fingerprint density at radius 1 is 1.09 bits per heavy atom. The molecule has 0 saturated carbocycles. The van der Waals surface area contributed by atoms with Crippen LogP contribution in [0, 0.1) is 0 Å². The van der Waals surface area contributed by atoms with Gasteiger partial charge < -0.3 is 20.5 Å². The Hall–Kier alpha value is -2.69. The highest BCUT2D eigenvalue weighted by molar-refractivity contribution is 5.94. The van der Waals surface area contributed by atoms with Gasteiger partial charge in [-0.25, -0.2) is 0 Å². The minimum atomic E-state index is -0.134. The highest BCUT2D eigenvalue weighted by Crippen LogP contribution is 2.29. The van der Waals surface area contributed by atoms with Crippen molar-refractivity contribution in [3.05, 3.63) is 48.0 Å². The maximum Gasteiger partial charge on any atom is 0.228 e. The third-order valence-corrected chi connectivity index (χ3v) is 3.15. The fourth-order valence-electron chi connectivity index (χ4n) is 2.23. The fourth-order valence-corrected chi connectivity index (χ4v) is 2.23. The molecule has 122 valence electrons. The summed E-state index contributed by atoms with van der Waals surface area (Å²) in [5.74, 6) is 1.18. The van der Waals surface area contributed by atoms with E-state index >= 15 is 0 Å². The van der Waals surface area contributed by atoms with Gasteiger partial charge >= 0.3 is 0 Å². The zero-order valence-corrected chi connectivity index (χ0v) is 13.5. The van der Waals surface area contributed by atoms with Crippen LogP contribution in [0.4, 0.5) is 11.4 Å². The standard InChI is InChI=1S/C18H22N2O3/c1-3-22-15-8-9-17(23-4-2)16(12-15)20-18(21)11-13-6-5-7-14(19)10-13/h5-10,12H,3-4,11,19H2,1-2H3,(H,20,21). The lowest BCUT2D eigenvalue weighted by atomic mass is 10.1. The van der Waals surface area contributed by atoms with Gasteiger partial charge in [0.1, 0.15) is 11.5 Å². The molecule has 0 aliphatic heterocycles. The van der Waals surface area contributed by atoms with Gasteiger partial charge in [0, 0.05) is 11.8 Å². The molecule has 0 bridgehead atoms. The van der Waals surface area contributed by atoms with Crippen LogP contribution in [0.15, 0.2) is 42.5 Å². The van der Waals surface area contributed by atoms with Crippen molar-refractivity contribution in [1.82, 2.24) is 0 Å². The second-order valence-electron chi connectivity index (χ2n) is 4.99. The molecule has 0 unspecified atom stereocenters. The van der Waals surface area contributed by atoms with Crippen LogP contribution in [0.3, 0.4) is 0 Å². The third-order valence-electron chi connectivity index (χ3n) is 3.15. The summed E-state index contributed by atoms with van der Waals surface area (Å²) in [6.07, 6.45) is 0.246. The number of carbonyl (C=O) groups is 1. The van der Waals surface area contributed by atoms with E-state index in [0.29, 0.717) is 36.1 Å². The van der Waals surface area contributed by atoms with E-state index in [0.717, 1.165) is 5.56 Å². The molecule has 0 saturated heterocycles. The summed E-state index contributed by atoms with van der Waals surface area (Å²) in [6, 6.07) is 12.7. The van der Waals surface area contributed by atoms with Gasteiger partial charge in [-0.2, -0.15) is 0 Å². The van der Waals surface area contributed by atoms with Gasteiger partial charge in [-0.15, -0.1) is 0 Å². The van der Waals surface area contributed by atoms with Crippen molar-refractivity contribution >= 4 is 17.3 Å². The van der Waals surface area contributed by atoms with Crippen LogP contribution >= 0.6 is 0 Å². The summed E-state index contributed by atoms with van der Waals surface area (Å²) in [7, 11) is 0. The SMILES string of the molecule is CCOc1ccc(OCC)c(NC(=O)Cc2cccc(N)c2)c1. The van der Waals surface area contributed by atoms with Crippen LogP contribution in [0.5, 0.6) is 11.5 Å². The van der Waals surface area contributed by atoms with Crippen LogP contribution in [0.1, 0.15) is 19.4 Å². The molecule has 5 heteroatoms. The van der Waals surface area contributed by atoms with Gasteiger partial charge in [0.15, 0.2) is 0 Å². The molecule has 0 spiro atoms. The molecule has 0 heterocycles. The van der Waals surface area contributed by atoms with Crippen molar-refractivity contribution in [2.75, 3.05) is 24.3 Å². The minimum Gasteiger partial charge on any atom is -0.494 e. The molecular formula is C18H22N2O3. The van der Waals surface area contributed by atoms with E-state index in [4.69, 9.17) is 15.2 Å². The Morgan fingerprint density at radius 2 is 1.87 bits per heavy atom. The Morgan fingerprint density at radius 3 is 2.57 bits per heavy atom. The number of nitrogen functional groups attached to an aromatic ring is 1. The quantitative estimate of drug-likeness (QED) is 0.769. The normalized spacial score (nSPS) is 10.2. The number of carbonyl (C=O) groups excluding carboxylic acids is 1. The van der Waals surface area contributed by atoms with E-state index < -0.39 is 0 Å². The molecule has 0 aliphatic carbocycles. The van der Waals surface area contributed by atoms with Crippen LogP contribution in [-0.4, -0.2) is 19.1 Å². The first-order chi connectivity index (χ1) is 11.1. The number of rotatable bonds is 7. The van der Waals surface area contributed by atoms with Crippen molar-refractivity contribution < 1.29 is 14.3 Å². The Bertz CT molecular complexity index is 671. The summed E-state index contributed by atoms with van der Waals surface area (Å²) >= 11 is 0. The lowest BCUT2D eigenvalue weighted by Gasteiger charge is -2.13. The Kier molecular flexibility index (Phi) is 5.86. The van der Waals surface area contributed by atoms with Gasteiger partial charge in [-0.05, 0) is 43.7 Å². The molecule has 2 aromatic carbocycles. The maximum atomic E-state index is 12.3. The second kappa shape index (κ2) is 8.08. The number of hydrogen-bond acceptors (Lipinski definition) is 4. The first-order valence-corrected chi connectivity index (χ1v) is 7.66. The van der Waals surface area contributed by atoms with E-state index in [1.807, 2.05) is 32.0 Å². The van der Waals surface area contributed by atoms with Gasteiger partial charge in [0.2, 0.25) is 5.91 Å². The van der Waals surface area contributed by atoms with E-state index in [1.165, 1.54) is 0 Å². The highest BCUT2D eigenvalue weighted by Gasteiger charge is 2.10. The van der Waals surface area contributed by atoms with Crippen molar-refractivity contribution in [3.8, 4) is 11.5 Å². The zero-order chi connectivity index (χ0) is 16.7. The van der Waals surface area contributed by atoms with Gasteiger partial charge in [-0.3, -0.25) is 4.79 Å². The molecular weight excluding hydrogens is 292 g/mol. The Balaban J connectivity index is 2.13. The van der Waals surface area contributed by atoms with Gasteiger partial charge in [0.05, 0.1) is 25.3 Å². The second-order valence-corrected chi connectivity index (χ2v) is 4.99. The molecule has 0 fully saturated rings. The van der Waals surface area contributed by atoms with E-state index in [1.54, 1.807) is 24.3 Å². The van der Waals surface area contributed by atoms with Crippen molar-refractivity contribution in [1.29, 1.82) is 0 Å². The number of nitrogens with two attached hydrogens (primary N) is 1. The largest absolute Gasteiger partial charge is 0.494 e. The summed E-state index contributed by atoms with van der Waals surface area (Å²) < 4.78 is 11.0. The molecule has 2 rings (SSSR count). The summed E-state index contributed by atoms with van der Waals surface area (Å²) in [4.78, 5) is 12.3.